The molecule has 1 aromatic rings. The number of carbonyl (C=O) groups is 1. The van der Waals surface area contributed by atoms with Gasteiger partial charge in [0.1, 0.15) is 5.75 Å². The van der Waals surface area contributed by atoms with Crippen LogP contribution in [0.4, 0.5) is 5.69 Å². The van der Waals surface area contributed by atoms with Crippen LogP contribution in [0.2, 0.25) is 0 Å². The fourth-order valence-electron chi connectivity index (χ4n) is 2.45. The average molecular weight is 342 g/mol. The van der Waals surface area contributed by atoms with Gasteiger partial charge in [-0.25, -0.2) is 13.6 Å². The van der Waals surface area contributed by atoms with Crippen molar-refractivity contribution in [3.63, 3.8) is 0 Å². The molecule has 1 atom stereocenters. The quantitative estimate of drug-likeness (QED) is 0.669. The number of benzene rings is 1. The molecule has 1 saturated heterocycles. The first kappa shape index (κ1) is 17.7. The molecule has 0 spiro atoms. The summed E-state index contributed by atoms with van der Waals surface area (Å²) >= 11 is 0. The van der Waals surface area contributed by atoms with E-state index in [9.17, 15) is 13.2 Å². The normalized spacial score (nSPS) is 19.3. The molecule has 1 heterocycles. The van der Waals surface area contributed by atoms with Crippen molar-refractivity contribution >= 4 is 21.6 Å². The zero-order valence-corrected chi connectivity index (χ0v) is 14.0. The number of piperazine rings is 1. The number of nitrogens with zero attached hydrogens (tertiary/aromatic N) is 1. The SMILES string of the molecule is COc1ccc(S(N)(=O)=O)cc1NC(=O)CN1CCNC[C@H]1C. The topological polar surface area (TPSA) is 114 Å². The smallest absolute Gasteiger partial charge is 0.238 e. The van der Waals surface area contributed by atoms with E-state index in [0.717, 1.165) is 19.6 Å². The minimum atomic E-state index is -3.85. The zero-order chi connectivity index (χ0) is 17.0. The molecule has 128 valence electrons. The Kier molecular flexibility index (Phi) is 5.58. The summed E-state index contributed by atoms with van der Waals surface area (Å²) in [6.45, 7) is 4.72. The van der Waals surface area contributed by atoms with Crippen LogP contribution in [0.15, 0.2) is 23.1 Å². The van der Waals surface area contributed by atoms with E-state index >= 15 is 0 Å². The lowest BCUT2D eigenvalue weighted by atomic mass is 10.2. The van der Waals surface area contributed by atoms with Gasteiger partial charge >= 0.3 is 0 Å². The molecule has 0 radical (unpaired) electrons. The number of anilines is 1. The van der Waals surface area contributed by atoms with Crippen molar-refractivity contribution in [2.24, 2.45) is 5.14 Å². The number of ether oxygens (including phenoxy) is 1. The number of sulfonamides is 1. The summed E-state index contributed by atoms with van der Waals surface area (Å²) in [4.78, 5) is 14.2. The van der Waals surface area contributed by atoms with Crippen molar-refractivity contribution in [1.29, 1.82) is 0 Å². The van der Waals surface area contributed by atoms with Crippen molar-refractivity contribution in [3.8, 4) is 5.75 Å². The number of methoxy groups -OCH3 is 1. The molecule has 1 aliphatic rings. The summed E-state index contributed by atoms with van der Waals surface area (Å²) in [5.41, 5.74) is 0.284. The number of amides is 1. The summed E-state index contributed by atoms with van der Waals surface area (Å²) in [6, 6.07) is 4.35. The fourth-order valence-corrected chi connectivity index (χ4v) is 2.99. The van der Waals surface area contributed by atoms with E-state index in [1.54, 1.807) is 0 Å². The lowest BCUT2D eigenvalue weighted by Gasteiger charge is -2.33. The largest absolute Gasteiger partial charge is 0.495 e. The second-order valence-electron chi connectivity index (χ2n) is 5.48. The van der Waals surface area contributed by atoms with Gasteiger partial charge in [-0.15, -0.1) is 0 Å². The summed E-state index contributed by atoms with van der Waals surface area (Å²) in [5, 5.41) is 11.1. The summed E-state index contributed by atoms with van der Waals surface area (Å²) in [5.74, 6) is 0.141. The summed E-state index contributed by atoms with van der Waals surface area (Å²) in [7, 11) is -2.40. The highest BCUT2D eigenvalue weighted by atomic mass is 32.2. The van der Waals surface area contributed by atoms with E-state index in [0.29, 0.717) is 5.75 Å². The third-order valence-corrected chi connectivity index (χ3v) is 4.67. The lowest BCUT2D eigenvalue weighted by Crippen LogP contribution is -2.52. The van der Waals surface area contributed by atoms with Gasteiger partial charge in [-0.3, -0.25) is 9.69 Å². The number of nitrogens with two attached hydrogens (primary N) is 1. The van der Waals surface area contributed by atoms with E-state index < -0.39 is 10.0 Å². The van der Waals surface area contributed by atoms with Crippen LogP contribution >= 0.6 is 0 Å². The highest BCUT2D eigenvalue weighted by Gasteiger charge is 2.21. The van der Waals surface area contributed by atoms with Gasteiger partial charge in [-0.1, -0.05) is 0 Å². The highest BCUT2D eigenvalue weighted by Crippen LogP contribution is 2.27. The van der Waals surface area contributed by atoms with E-state index in [1.807, 2.05) is 6.92 Å². The van der Waals surface area contributed by atoms with Gasteiger partial charge in [0, 0.05) is 25.7 Å². The summed E-state index contributed by atoms with van der Waals surface area (Å²) < 4.78 is 28.0. The van der Waals surface area contributed by atoms with Crippen LogP contribution in [-0.2, 0) is 14.8 Å². The van der Waals surface area contributed by atoms with Crippen LogP contribution in [0.1, 0.15) is 6.92 Å². The maximum absolute atomic E-state index is 12.2. The molecular formula is C14H22N4O4S. The first-order chi connectivity index (χ1) is 10.8. The maximum Gasteiger partial charge on any atom is 0.238 e. The Hall–Kier alpha value is -1.68. The van der Waals surface area contributed by atoms with E-state index in [2.05, 4.69) is 15.5 Å². The molecule has 0 saturated carbocycles. The predicted octanol–water partition coefficient (Wildman–Crippen LogP) is -0.425. The fraction of sp³-hybridized carbons (Fsp3) is 0.500. The van der Waals surface area contributed by atoms with Gasteiger partial charge in [-0.05, 0) is 25.1 Å². The van der Waals surface area contributed by atoms with Gasteiger partial charge in [0.15, 0.2) is 0 Å². The molecule has 0 aromatic heterocycles. The van der Waals surface area contributed by atoms with Crippen LogP contribution in [0.25, 0.3) is 0 Å². The molecule has 1 aromatic carbocycles. The Morgan fingerprint density at radius 1 is 1.52 bits per heavy atom. The lowest BCUT2D eigenvalue weighted by molar-refractivity contribution is -0.118. The van der Waals surface area contributed by atoms with E-state index in [-0.39, 0.29) is 29.1 Å². The van der Waals surface area contributed by atoms with Crippen molar-refractivity contribution in [1.82, 2.24) is 10.2 Å². The van der Waals surface area contributed by atoms with Crippen LogP contribution in [0, 0.1) is 0 Å². The number of carbonyl (C=O) groups excluding carboxylic acids is 1. The molecule has 4 N–H and O–H groups in total. The van der Waals surface area contributed by atoms with Crippen molar-refractivity contribution < 1.29 is 17.9 Å². The van der Waals surface area contributed by atoms with Gasteiger partial charge < -0.3 is 15.4 Å². The minimum absolute atomic E-state index is 0.0795. The molecule has 2 rings (SSSR count). The van der Waals surface area contributed by atoms with Crippen LogP contribution < -0.4 is 20.5 Å². The van der Waals surface area contributed by atoms with Crippen LogP contribution in [0.3, 0.4) is 0 Å². The molecular weight excluding hydrogens is 320 g/mol. The molecule has 0 aliphatic carbocycles. The van der Waals surface area contributed by atoms with Gasteiger partial charge in [0.05, 0.1) is 24.2 Å². The standard InChI is InChI=1S/C14H22N4O4S/c1-10-8-16-5-6-18(10)9-14(19)17-12-7-11(23(15,20)21)3-4-13(12)22-2/h3-4,7,10,16H,5-6,8-9H2,1-2H3,(H,17,19)(H2,15,20,21)/t10-/m1/s1. The number of hydrogen-bond acceptors (Lipinski definition) is 6. The molecule has 1 aliphatic heterocycles. The maximum atomic E-state index is 12.2. The third-order valence-electron chi connectivity index (χ3n) is 3.76. The average Bonchev–Trinajstić information content (AvgIpc) is 2.48. The van der Waals surface area contributed by atoms with Crippen LogP contribution in [0.5, 0.6) is 5.75 Å². The molecule has 1 amide bonds. The Labute approximate surface area is 136 Å². The molecule has 8 nitrogen and oxygen atoms in total. The Morgan fingerprint density at radius 3 is 2.87 bits per heavy atom. The zero-order valence-electron chi connectivity index (χ0n) is 13.2. The van der Waals surface area contributed by atoms with Gasteiger partial charge in [-0.2, -0.15) is 0 Å². The predicted molar refractivity (Wildman–Crippen MR) is 86.9 cm³/mol. The minimum Gasteiger partial charge on any atom is -0.495 e. The molecule has 23 heavy (non-hydrogen) atoms. The molecule has 0 unspecified atom stereocenters. The number of nitrogens with one attached hydrogen (secondary N) is 2. The Morgan fingerprint density at radius 2 is 2.26 bits per heavy atom. The molecule has 0 bridgehead atoms. The first-order valence-corrected chi connectivity index (χ1v) is 8.81. The first-order valence-electron chi connectivity index (χ1n) is 7.26. The van der Waals surface area contributed by atoms with Crippen molar-refractivity contribution in [3.05, 3.63) is 18.2 Å². The van der Waals surface area contributed by atoms with E-state index in [1.165, 1.54) is 25.3 Å². The molecule has 1 fully saturated rings. The van der Waals surface area contributed by atoms with Crippen molar-refractivity contribution in [2.45, 2.75) is 17.9 Å². The Balaban J connectivity index is 2.13. The summed E-state index contributed by atoms with van der Waals surface area (Å²) in [6.07, 6.45) is 0. The van der Waals surface area contributed by atoms with Gasteiger partial charge in [0.2, 0.25) is 15.9 Å². The number of hydrogen-bond donors (Lipinski definition) is 3. The molecule has 9 heteroatoms. The number of primary sulfonamides is 1. The third kappa shape index (κ3) is 4.64. The van der Waals surface area contributed by atoms with Gasteiger partial charge in [0.25, 0.3) is 0 Å². The Bertz CT molecular complexity index is 677. The van der Waals surface area contributed by atoms with E-state index in [4.69, 9.17) is 9.88 Å². The highest BCUT2D eigenvalue weighted by molar-refractivity contribution is 7.89. The van der Waals surface area contributed by atoms with Crippen molar-refractivity contribution in [2.75, 3.05) is 38.6 Å². The monoisotopic (exact) mass is 342 g/mol. The second-order valence-corrected chi connectivity index (χ2v) is 7.04. The number of rotatable bonds is 5. The second kappa shape index (κ2) is 7.26. The van der Waals surface area contributed by atoms with Crippen LogP contribution in [-0.4, -0.2) is 58.6 Å².